The summed E-state index contributed by atoms with van der Waals surface area (Å²) < 4.78 is 2.03. The fourth-order valence-electron chi connectivity index (χ4n) is 2.23. The lowest BCUT2D eigenvalue weighted by Crippen LogP contribution is -2.23. The zero-order valence-corrected chi connectivity index (χ0v) is 13.0. The standard InChI is InChI=1S/C15H23N3S/c1-5-16-14(15-12(4)7-9-19-15)10-13-6-8-18(17-13)11(2)3/h6-9,11,14,16H,5,10H2,1-4H3. The van der Waals surface area contributed by atoms with Crippen molar-refractivity contribution in [1.82, 2.24) is 15.1 Å². The molecule has 0 aromatic carbocycles. The van der Waals surface area contributed by atoms with Gasteiger partial charge in [-0.1, -0.05) is 6.92 Å². The van der Waals surface area contributed by atoms with Gasteiger partial charge in [0.2, 0.25) is 0 Å². The molecule has 0 saturated carbocycles. The lowest BCUT2D eigenvalue weighted by atomic mass is 10.1. The van der Waals surface area contributed by atoms with Gasteiger partial charge >= 0.3 is 0 Å². The maximum absolute atomic E-state index is 4.65. The van der Waals surface area contributed by atoms with Gasteiger partial charge in [0.15, 0.2) is 0 Å². The van der Waals surface area contributed by atoms with E-state index in [1.54, 1.807) is 0 Å². The number of nitrogens with zero attached hydrogens (tertiary/aromatic N) is 2. The molecule has 2 aromatic rings. The van der Waals surface area contributed by atoms with Crippen LogP contribution in [0.15, 0.2) is 23.7 Å². The number of aromatic nitrogens is 2. The molecule has 0 aliphatic heterocycles. The van der Waals surface area contributed by atoms with E-state index in [1.165, 1.54) is 10.4 Å². The molecule has 0 saturated heterocycles. The summed E-state index contributed by atoms with van der Waals surface area (Å²) in [6.07, 6.45) is 3.03. The minimum Gasteiger partial charge on any atom is -0.309 e. The molecule has 1 N–H and O–H groups in total. The summed E-state index contributed by atoms with van der Waals surface area (Å²) in [4.78, 5) is 1.43. The highest BCUT2D eigenvalue weighted by atomic mass is 32.1. The van der Waals surface area contributed by atoms with Crippen molar-refractivity contribution in [2.24, 2.45) is 0 Å². The Morgan fingerprint density at radius 3 is 2.68 bits per heavy atom. The van der Waals surface area contributed by atoms with E-state index in [9.17, 15) is 0 Å². The average Bonchev–Trinajstić information content (AvgIpc) is 2.97. The van der Waals surface area contributed by atoms with Gasteiger partial charge in [-0.2, -0.15) is 5.10 Å². The third-order valence-electron chi connectivity index (χ3n) is 3.27. The van der Waals surface area contributed by atoms with Crippen LogP contribution in [0.4, 0.5) is 0 Å². The Labute approximate surface area is 119 Å². The molecule has 1 atom stereocenters. The van der Waals surface area contributed by atoms with Crippen molar-refractivity contribution in [1.29, 1.82) is 0 Å². The zero-order chi connectivity index (χ0) is 13.8. The van der Waals surface area contributed by atoms with Gasteiger partial charge in [0.25, 0.3) is 0 Å². The van der Waals surface area contributed by atoms with Gasteiger partial charge in [-0.15, -0.1) is 11.3 Å². The molecular weight excluding hydrogens is 254 g/mol. The van der Waals surface area contributed by atoms with E-state index in [0.717, 1.165) is 18.7 Å². The molecule has 1 unspecified atom stereocenters. The summed E-state index contributed by atoms with van der Waals surface area (Å²) in [5.41, 5.74) is 2.53. The number of nitrogens with one attached hydrogen (secondary N) is 1. The smallest absolute Gasteiger partial charge is 0.0644 e. The van der Waals surface area contributed by atoms with Crippen LogP contribution in [0.3, 0.4) is 0 Å². The molecule has 0 aliphatic rings. The predicted octanol–water partition coefficient (Wildman–Crippen LogP) is 3.73. The van der Waals surface area contributed by atoms with Crippen molar-refractivity contribution < 1.29 is 0 Å². The molecule has 2 heterocycles. The molecule has 0 fully saturated rings. The number of likely N-dealkylation sites (N-methyl/N-ethyl adjacent to an activating group) is 1. The van der Waals surface area contributed by atoms with E-state index in [-0.39, 0.29) is 0 Å². The topological polar surface area (TPSA) is 29.9 Å². The number of aryl methyl sites for hydroxylation is 1. The molecule has 2 aromatic heterocycles. The molecule has 0 radical (unpaired) electrons. The first-order valence-electron chi connectivity index (χ1n) is 6.93. The Balaban J connectivity index is 2.14. The summed E-state index contributed by atoms with van der Waals surface area (Å²) in [6, 6.07) is 5.12. The van der Waals surface area contributed by atoms with Crippen molar-refractivity contribution in [3.8, 4) is 0 Å². The fourth-order valence-corrected chi connectivity index (χ4v) is 3.23. The molecule has 3 nitrogen and oxygen atoms in total. The van der Waals surface area contributed by atoms with Crippen LogP contribution < -0.4 is 5.32 Å². The summed E-state index contributed by atoms with van der Waals surface area (Å²) in [5.74, 6) is 0. The highest BCUT2D eigenvalue weighted by Gasteiger charge is 2.16. The number of rotatable bonds is 6. The Hall–Kier alpha value is -1.13. The highest BCUT2D eigenvalue weighted by molar-refractivity contribution is 7.10. The van der Waals surface area contributed by atoms with Gasteiger partial charge < -0.3 is 5.32 Å². The Bertz CT molecular complexity index is 513. The van der Waals surface area contributed by atoms with Gasteiger partial charge in [-0.3, -0.25) is 4.68 Å². The first kappa shape index (κ1) is 14.3. The van der Waals surface area contributed by atoms with Crippen molar-refractivity contribution in [3.63, 3.8) is 0 Å². The first-order valence-corrected chi connectivity index (χ1v) is 7.81. The largest absolute Gasteiger partial charge is 0.309 e. The number of thiophene rings is 1. The summed E-state index contributed by atoms with van der Waals surface area (Å²) in [7, 11) is 0. The van der Waals surface area contributed by atoms with Crippen LogP contribution in [0.5, 0.6) is 0 Å². The third kappa shape index (κ3) is 3.45. The van der Waals surface area contributed by atoms with Gasteiger partial charge in [-0.05, 0) is 50.4 Å². The second kappa shape index (κ2) is 6.35. The minimum absolute atomic E-state index is 0.375. The summed E-state index contributed by atoms with van der Waals surface area (Å²) in [5, 5.41) is 10.4. The lowest BCUT2D eigenvalue weighted by molar-refractivity contribution is 0.508. The van der Waals surface area contributed by atoms with Crippen LogP contribution in [-0.2, 0) is 6.42 Å². The number of hydrogen-bond donors (Lipinski definition) is 1. The van der Waals surface area contributed by atoms with E-state index in [2.05, 4.69) is 61.8 Å². The van der Waals surface area contributed by atoms with Crippen molar-refractivity contribution >= 4 is 11.3 Å². The summed E-state index contributed by atoms with van der Waals surface area (Å²) in [6.45, 7) is 9.63. The Kier molecular flexibility index (Phi) is 4.77. The van der Waals surface area contributed by atoms with Crippen molar-refractivity contribution in [3.05, 3.63) is 39.8 Å². The molecule has 0 bridgehead atoms. The Morgan fingerprint density at radius 1 is 1.37 bits per heavy atom. The van der Waals surface area contributed by atoms with Crippen LogP contribution in [0.1, 0.15) is 49.0 Å². The van der Waals surface area contributed by atoms with Crippen LogP contribution in [0, 0.1) is 6.92 Å². The van der Waals surface area contributed by atoms with Gasteiger partial charge in [0.1, 0.15) is 0 Å². The van der Waals surface area contributed by atoms with E-state index in [4.69, 9.17) is 0 Å². The molecule has 19 heavy (non-hydrogen) atoms. The quantitative estimate of drug-likeness (QED) is 0.872. The van der Waals surface area contributed by atoms with Crippen molar-refractivity contribution in [2.75, 3.05) is 6.54 Å². The van der Waals surface area contributed by atoms with E-state index >= 15 is 0 Å². The maximum atomic E-state index is 4.65. The minimum atomic E-state index is 0.375. The lowest BCUT2D eigenvalue weighted by Gasteiger charge is -2.16. The highest BCUT2D eigenvalue weighted by Crippen LogP contribution is 2.26. The molecule has 0 aliphatic carbocycles. The molecule has 2 rings (SSSR count). The van der Waals surface area contributed by atoms with Crippen LogP contribution >= 0.6 is 11.3 Å². The SMILES string of the molecule is CCNC(Cc1ccn(C(C)C)n1)c1sccc1C. The van der Waals surface area contributed by atoms with E-state index in [0.29, 0.717) is 12.1 Å². The predicted molar refractivity (Wildman–Crippen MR) is 81.8 cm³/mol. The number of hydrogen-bond acceptors (Lipinski definition) is 3. The zero-order valence-electron chi connectivity index (χ0n) is 12.2. The average molecular weight is 277 g/mol. The second-order valence-electron chi connectivity index (χ2n) is 5.16. The van der Waals surface area contributed by atoms with Crippen LogP contribution in [0.2, 0.25) is 0 Å². The molecule has 0 amide bonds. The van der Waals surface area contributed by atoms with E-state index in [1.807, 2.05) is 16.0 Å². The van der Waals surface area contributed by atoms with Gasteiger partial charge in [-0.25, -0.2) is 0 Å². The van der Waals surface area contributed by atoms with Crippen LogP contribution in [0.25, 0.3) is 0 Å². The molecule has 0 spiro atoms. The summed E-state index contributed by atoms with van der Waals surface area (Å²) >= 11 is 1.83. The van der Waals surface area contributed by atoms with Gasteiger partial charge in [0, 0.05) is 29.6 Å². The van der Waals surface area contributed by atoms with Crippen molar-refractivity contribution in [2.45, 2.75) is 46.2 Å². The Morgan fingerprint density at radius 2 is 2.16 bits per heavy atom. The molecule has 4 heteroatoms. The normalized spacial score (nSPS) is 13.1. The van der Waals surface area contributed by atoms with Crippen LogP contribution in [-0.4, -0.2) is 16.3 Å². The fraction of sp³-hybridized carbons (Fsp3) is 0.533. The molecular formula is C15H23N3S. The second-order valence-corrected chi connectivity index (χ2v) is 6.11. The third-order valence-corrected chi connectivity index (χ3v) is 4.41. The van der Waals surface area contributed by atoms with E-state index < -0.39 is 0 Å². The van der Waals surface area contributed by atoms with Gasteiger partial charge in [0.05, 0.1) is 5.69 Å². The maximum Gasteiger partial charge on any atom is 0.0644 e. The first-order chi connectivity index (χ1) is 9.11. The monoisotopic (exact) mass is 277 g/mol. The molecule has 104 valence electrons.